The van der Waals surface area contributed by atoms with Gasteiger partial charge in [0.05, 0.1) is 5.52 Å². The lowest BCUT2D eigenvalue weighted by molar-refractivity contribution is -0.124. The van der Waals surface area contributed by atoms with Crippen molar-refractivity contribution in [3.8, 4) is 5.75 Å². The van der Waals surface area contributed by atoms with Crippen LogP contribution in [-0.2, 0) is 4.79 Å². The molecule has 0 saturated heterocycles. The van der Waals surface area contributed by atoms with Gasteiger partial charge >= 0.3 is 0 Å². The number of nitrogens with one attached hydrogen (secondary N) is 2. The summed E-state index contributed by atoms with van der Waals surface area (Å²) in [6, 6.07) is 14.3. The fourth-order valence-corrected chi connectivity index (χ4v) is 4.24. The van der Waals surface area contributed by atoms with Crippen LogP contribution in [-0.4, -0.2) is 29.6 Å². The van der Waals surface area contributed by atoms with Crippen LogP contribution in [0.25, 0.3) is 10.9 Å². The molecular formula is C25H28ClN3O2. The van der Waals surface area contributed by atoms with Crippen LogP contribution >= 0.6 is 11.6 Å². The summed E-state index contributed by atoms with van der Waals surface area (Å²) in [5.74, 6) is 0.670. The van der Waals surface area contributed by atoms with Gasteiger partial charge in [-0.2, -0.15) is 0 Å². The van der Waals surface area contributed by atoms with Crippen molar-refractivity contribution in [1.29, 1.82) is 0 Å². The van der Waals surface area contributed by atoms with Crippen LogP contribution in [0.2, 0.25) is 5.02 Å². The van der Waals surface area contributed by atoms with E-state index in [2.05, 4.69) is 22.5 Å². The highest BCUT2D eigenvalue weighted by molar-refractivity contribution is 6.31. The third kappa shape index (κ3) is 5.47. The third-order valence-corrected chi connectivity index (χ3v) is 6.24. The van der Waals surface area contributed by atoms with E-state index >= 15 is 0 Å². The number of carbonyl (C=O) groups is 1. The monoisotopic (exact) mass is 437 g/mol. The highest BCUT2D eigenvalue weighted by Gasteiger charge is 2.23. The summed E-state index contributed by atoms with van der Waals surface area (Å²) >= 11 is 6.09. The van der Waals surface area contributed by atoms with Gasteiger partial charge in [-0.3, -0.25) is 9.78 Å². The fourth-order valence-electron chi connectivity index (χ4n) is 4.07. The molecule has 1 amide bonds. The first-order valence-electron chi connectivity index (χ1n) is 10.8. The van der Waals surface area contributed by atoms with Crippen molar-refractivity contribution >= 4 is 34.1 Å². The molecule has 5 nitrogen and oxygen atoms in total. The first-order chi connectivity index (χ1) is 15.0. The standard InChI is InChI=1S/C25H28ClN3O2/c1-16-3-9-21(13-17(16)2)31-15-25(30)29-20-7-5-19(6-8-20)28-23-11-12-27-24-14-18(26)4-10-22(23)24/h3-4,9-14,19-20H,5-8,15H2,1-2H3,(H,27,28)(H,29,30). The number of benzene rings is 2. The normalized spacial score (nSPS) is 18.5. The molecule has 162 valence electrons. The second-order valence-electron chi connectivity index (χ2n) is 8.32. The zero-order valence-electron chi connectivity index (χ0n) is 18.0. The molecule has 1 aliphatic rings. The molecule has 4 rings (SSSR count). The molecule has 1 aliphatic carbocycles. The van der Waals surface area contributed by atoms with E-state index in [1.807, 2.05) is 55.6 Å². The highest BCUT2D eigenvalue weighted by atomic mass is 35.5. The fraction of sp³-hybridized carbons (Fsp3) is 0.360. The number of nitrogens with zero attached hydrogens (tertiary/aromatic N) is 1. The van der Waals surface area contributed by atoms with E-state index in [9.17, 15) is 4.79 Å². The second kappa shape index (κ2) is 9.56. The molecular weight excluding hydrogens is 410 g/mol. The Morgan fingerprint density at radius 1 is 1.03 bits per heavy atom. The Labute approximate surface area is 188 Å². The number of amides is 1. The first kappa shape index (κ1) is 21.4. The van der Waals surface area contributed by atoms with E-state index in [-0.39, 0.29) is 18.6 Å². The molecule has 3 aromatic rings. The number of pyridine rings is 1. The minimum Gasteiger partial charge on any atom is -0.484 e. The van der Waals surface area contributed by atoms with Gasteiger partial charge in [0.15, 0.2) is 6.61 Å². The van der Waals surface area contributed by atoms with E-state index in [1.165, 1.54) is 5.56 Å². The van der Waals surface area contributed by atoms with Crippen molar-refractivity contribution < 1.29 is 9.53 Å². The van der Waals surface area contributed by atoms with Crippen LogP contribution in [0.5, 0.6) is 5.75 Å². The minimum absolute atomic E-state index is 0.0479. The Balaban J connectivity index is 1.25. The number of carbonyl (C=O) groups excluding carboxylic acids is 1. The summed E-state index contributed by atoms with van der Waals surface area (Å²) in [7, 11) is 0. The topological polar surface area (TPSA) is 63.2 Å². The maximum absolute atomic E-state index is 12.3. The van der Waals surface area contributed by atoms with Crippen LogP contribution in [0.3, 0.4) is 0 Å². The van der Waals surface area contributed by atoms with Crippen LogP contribution < -0.4 is 15.4 Å². The van der Waals surface area contributed by atoms with Crippen molar-refractivity contribution in [2.24, 2.45) is 0 Å². The molecule has 0 spiro atoms. The number of hydrogen-bond acceptors (Lipinski definition) is 4. The summed E-state index contributed by atoms with van der Waals surface area (Å²) in [5.41, 5.74) is 4.35. The van der Waals surface area contributed by atoms with Gasteiger partial charge in [0.25, 0.3) is 5.91 Å². The van der Waals surface area contributed by atoms with E-state index in [0.717, 1.165) is 53.6 Å². The average Bonchev–Trinajstić information content (AvgIpc) is 2.76. The highest BCUT2D eigenvalue weighted by Crippen LogP contribution is 2.28. The molecule has 1 fully saturated rings. The smallest absolute Gasteiger partial charge is 0.258 e. The third-order valence-electron chi connectivity index (χ3n) is 6.00. The maximum atomic E-state index is 12.3. The number of aromatic nitrogens is 1. The molecule has 1 aromatic heterocycles. The van der Waals surface area contributed by atoms with Crippen molar-refractivity contribution in [2.45, 2.75) is 51.6 Å². The number of fused-ring (bicyclic) bond motifs is 1. The first-order valence-corrected chi connectivity index (χ1v) is 11.2. The van der Waals surface area contributed by atoms with Crippen LogP contribution in [0.4, 0.5) is 5.69 Å². The zero-order chi connectivity index (χ0) is 21.8. The number of anilines is 1. The summed E-state index contributed by atoms with van der Waals surface area (Å²) in [6.45, 7) is 4.15. The summed E-state index contributed by atoms with van der Waals surface area (Å²) in [5, 5.41) is 8.54. The van der Waals surface area contributed by atoms with Gasteiger partial charge in [-0.15, -0.1) is 0 Å². The van der Waals surface area contributed by atoms with Gasteiger partial charge in [-0.05, 0) is 87.1 Å². The second-order valence-corrected chi connectivity index (χ2v) is 8.75. The summed E-state index contributed by atoms with van der Waals surface area (Å²) < 4.78 is 5.65. The average molecular weight is 438 g/mol. The largest absolute Gasteiger partial charge is 0.484 e. The number of halogens is 1. The Morgan fingerprint density at radius 3 is 2.58 bits per heavy atom. The van der Waals surface area contributed by atoms with Gasteiger partial charge in [0, 0.05) is 34.4 Å². The van der Waals surface area contributed by atoms with Crippen LogP contribution in [0.15, 0.2) is 48.7 Å². The Hall–Kier alpha value is -2.79. The van der Waals surface area contributed by atoms with Crippen molar-refractivity contribution in [2.75, 3.05) is 11.9 Å². The van der Waals surface area contributed by atoms with Crippen LogP contribution in [0.1, 0.15) is 36.8 Å². The van der Waals surface area contributed by atoms with E-state index < -0.39 is 0 Å². The zero-order valence-corrected chi connectivity index (χ0v) is 18.7. The molecule has 0 atom stereocenters. The quantitative estimate of drug-likeness (QED) is 0.540. The molecule has 0 radical (unpaired) electrons. The summed E-state index contributed by atoms with van der Waals surface area (Å²) in [6.07, 6.45) is 5.70. The molecule has 6 heteroatoms. The number of aryl methyl sites for hydroxylation is 2. The van der Waals surface area contributed by atoms with Gasteiger partial charge < -0.3 is 15.4 Å². The van der Waals surface area contributed by atoms with Crippen molar-refractivity contribution in [3.63, 3.8) is 0 Å². The van der Waals surface area contributed by atoms with E-state index in [0.29, 0.717) is 11.1 Å². The Bertz CT molecular complexity index is 1080. The predicted molar refractivity (Wildman–Crippen MR) is 126 cm³/mol. The van der Waals surface area contributed by atoms with Gasteiger partial charge in [0.1, 0.15) is 5.75 Å². The lowest BCUT2D eigenvalue weighted by Gasteiger charge is -2.30. The molecule has 0 aliphatic heterocycles. The minimum atomic E-state index is -0.0633. The number of hydrogen-bond donors (Lipinski definition) is 2. The molecule has 2 N–H and O–H groups in total. The number of rotatable bonds is 6. The summed E-state index contributed by atoms with van der Waals surface area (Å²) in [4.78, 5) is 16.7. The number of ether oxygens (including phenoxy) is 1. The predicted octanol–water partition coefficient (Wildman–Crippen LogP) is 5.42. The Kier molecular flexibility index (Phi) is 6.62. The van der Waals surface area contributed by atoms with E-state index in [4.69, 9.17) is 16.3 Å². The molecule has 2 aromatic carbocycles. The van der Waals surface area contributed by atoms with Crippen molar-refractivity contribution in [3.05, 3.63) is 64.8 Å². The maximum Gasteiger partial charge on any atom is 0.258 e. The van der Waals surface area contributed by atoms with Crippen molar-refractivity contribution in [1.82, 2.24) is 10.3 Å². The molecule has 1 saturated carbocycles. The van der Waals surface area contributed by atoms with Gasteiger partial charge in [0.2, 0.25) is 0 Å². The molecule has 0 bridgehead atoms. The SMILES string of the molecule is Cc1ccc(OCC(=O)NC2CCC(Nc3ccnc4cc(Cl)ccc34)CC2)cc1C. The lowest BCUT2D eigenvalue weighted by Crippen LogP contribution is -2.42. The molecule has 0 unspecified atom stereocenters. The van der Waals surface area contributed by atoms with Crippen LogP contribution in [0, 0.1) is 13.8 Å². The van der Waals surface area contributed by atoms with E-state index in [1.54, 1.807) is 0 Å². The van der Waals surface area contributed by atoms with Gasteiger partial charge in [-0.25, -0.2) is 0 Å². The molecule has 1 heterocycles. The lowest BCUT2D eigenvalue weighted by atomic mass is 9.91. The van der Waals surface area contributed by atoms with Gasteiger partial charge in [-0.1, -0.05) is 17.7 Å². The Morgan fingerprint density at radius 2 is 1.81 bits per heavy atom. The molecule has 31 heavy (non-hydrogen) atoms.